The summed E-state index contributed by atoms with van der Waals surface area (Å²) >= 11 is 0. The Hall–Kier alpha value is -1.60. The van der Waals surface area contributed by atoms with Gasteiger partial charge in [-0.25, -0.2) is 0 Å². The van der Waals surface area contributed by atoms with Crippen molar-refractivity contribution in [2.45, 2.75) is 31.0 Å². The van der Waals surface area contributed by atoms with Gasteiger partial charge in [-0.05, 0) is 30.5 Å². The molecule has 1 atom stereocenters. The highest BCUT2D eigenvalue weighted by Gasteiger charge is 2.34. The number of halogens is 3. The molecule has 1 aromatic carbocycles. The van der Waals surface area contributed by atoms with Crippen LogP contribution in [0.5, 0.6) is 0 Å². The van der Waals surface area contributed by atoms with Crippen molar-refractivity contribution in [3.63, 3.8) is 0 Å². The molecule has 0 aliphatic carbocycles. The molecule has 2 rings (SSSR count). The molecule has 1 unspecified atom stereocenters. The SMILES string of the molecule is O=C(Cc1ccc(C(F)(F)F)cc1)N1CCCC(O)(CO)C1. The lowest BCUT2D eigenvalue weighted by molar-refractivity contribution is -0.140. The van der Waals surface area contributed by atoms with Crippen molar-refractivity contribution >= 4 is 5.91 Å². The van der Waals surface area contributed by atoms with E-state index in [-0.39, 0.29) is 18.9 Å². The lowest BCUT2D eigenvalue weighted by Gasteiger charge is -2.38. The van der Waals surface area contributed by atoms with Crippen LogP contribution in [0.4, 0.5) is 13.2 Å². The normalized spacial score (nSPS) is 22.7. The predicted octanol–water partition coefficient (Wildman–Crippen LogP) is 1.59. The zero-order valence-corrected chi connectivity index (χ0v) is 11.9. The Bertz CT molecular complexity index is 530. The molecule has 0 radical (unpaired) electrons. The summed E-state index contributed by atoms with van der Waals surface area (Å²) < 4.78 is 37.4. The number of nitrogens with zero attached hydrogens (tertiary/aromatic N) is 1. The molecule has 22 heavy (non-hydrogen) atoms. The van der Waals surface area contributed by atoms with Crippen LogP contribution >= 0.6 is 0 Å². The first-order valence-electron chi connectivity index (χ1n) is 7.01. The minimum Gasteiger partial charge on any atom is -0.393 e. The molecule has 4 nitrogen and oxygen atoms in total. The van der Waals surface area contributed by atoms with Gasteiger partial charge in [0.1, 0.15) is 5.60 Å². The molecule has 0 aromatic heterocycles. The molecule has 1 saturated heterocycles. The van der Waals surface area contributed by atoms with Crippen LogP contribution in [0.15, 0.2) is 24.3 Å². The summed E-state index contributed by atoms with van der Waals surface area (Å²) in [6, 6.07) is 4.46. The van der Waals surface area contributed by atoms with Gasteiger partial charge in [0.15, 0.2) is 0 Å². The number of hydrogen-bond donors (Lipinski definition) is 2. The average molecular weight is 317 g/mol. The number of amides is 1. The third kappa shape index (κ3) is 3.98. The van der Waals surface area contributed by atoms with Crippen molar-refractivity contribution in [1.29, 1.82) is 0 Å². The Morgan fingerprint density at radius 1 is 1.27 bits per heavy atom. The van der Waals surface area contributed by atoms with E-state index in [9.17, 15) is 23.1 Å². The van der Waals surface area contributed by atoms with Gasteiger partial charge in [0.25, 0.3) is 0 Å². The average Bonchev–Trinajstić information content (AvgIpc) is 2.47. The third-order valence-electron chi connectivity index (χ3n) is 3.84. The van der Waals surface area contributed by atoms with Crippen LogP contribution < -0.4 is 0 Å². The van der Waals surface area contributed by atoms with Crippen LogP contribution in [0.3, 0.4) is 0 Å². The van der Waals surface area contributed by atoms with E-state index < -0.39 is 23.9 Å². The van der Waals surface area contributed by atoms with Crippen LogP contribution in [0.25, 0.3) is 0 Å². The first-order chi connectivity index (χ1) is 10.2. The molecule has 1 amide bonds. The molecule has 0 saturated carbocycles. The Labute approximate surface area is 126 Å². The molecule has 1 fully saturated rings. The highest BCUT2D eigenvalue weighted by Crippen LogP contribution is 2.29. The first-order valence-corrected chi connectivity index (χ1v) is 7.01. The second-order valence-corrected chi connectivity index (χ2v) is 5.67. The largest absolute Gasteiger partial charge is 0.416 e. The van der Waals surface area contributed by atoms with Crippen molar-refractivity contribution in [2.24, 2.45) is 0 Å². The highest BCUT2D eigenvalue weighted by molar-refractivity contribution is 5.79. The van der Waals surface area contributed by atoms with E-state index in [0.717, 1.165) is 12.1 Å². The van der Waals surface area contributed by atoms with E-state index >= 15 is 0 Å². The summed E-state index contributed by atoms with van der Waals surface area (Å²) in [5.41, 5.74) is -1.55. The summed E-state index contributed by atoms with van der Waals surface area (Å²) in [4.78, 5) is 13.6. The number of aliphatic hydroxyl groups is 2. The number of β-amino-alcohol motifs (C(OH)–C–C–N with tert-alkyl or cyclic N) is 1. The number of rotatable bonds is 3. The van der Waals surface area contributed by atoms with Gasteiger partial charge in [-0.1, -0.05) is 12.1 Å². The van der Waals surface area contributed by atoms with Gasteiger partial charge >= 0.3 is 6.18 Å². The monoisotopic (exact) mass is 317 g/mol. The summed E-state index contributed by atoms with van der Waals surface area (Å²) in [5.74, 6) is -0.272. The fourth-order valence-corrected chi connectivity index (χ4v) is 2.55. The fraction of sp³-hybridized carbons (Fsp3) is 0.533. The molecular weight excluding hydrogens is 299 g/mol. The number of hydrogen-bond acceptors (Lipinski definition) is 3. The molecular formula is C15H18F3NO3. The van der Waals surface area contributed by atoms with Gasteiger partial charge < -0.3 is 15.1 Å². The topological polar surface area (TPSA) is 60.8 Å². The Kier molecular flexibility index (Phi) is 4.77. The van der Waals surface area contributed by atoms with Crippen molar-refractivity contribution in [3.05, 3.63) is 35.4 Å². The van der Waals surface area contributed by atoms with Crippen LogP contribution in [0.1, 0.15) is 24.0 Å². The number of carbonyl (C=O) groups is 1. The van der Waals surface area contributed by atoms with Crippen molar-refractivity contribution < 1.29 is 28.2 Å². The summed E-state index contributed by atoms with van der Waals surface area (Å²) in [5, 5.41) is 19.2. The summed E-state index contributed by atoms with van der Waals surface area (Å²) in [6.45, 7) is 0.0990. The number of likely N-dealkylation sites (tertiary alicyclic amines) is 1. The number of aliphatic hydroxyl groups excluding tert-OH is 1. The third-order valence-corrected chi connectivity index (χ3v) is 3.84. The second kappa shape index (κ2) is 6.26. The molecule has 1 aromatic rings. The van der Waals surface area contributed by atoms with Gasteiger partial charge in [0, 0.05) is 6.54 Å². The summed E-state index contributed by atoms with van der Waals surface area (Å²) in [6.07, 6.45) is -3.42. The molecule has 2 N–H and O–H groups in total. The zero-order valence-electron chi connectivity index (χ0n) is 11.9. The summed E-state index contributed by atoms with van der Waals surface area (Å²) in [7, 11) is 0. The zero-order chi connectivity index (χ0) is 16.4. The minimum absolute atomic E-state index is 0.0281. The Balaban J connectivity index is 2.00. The maximum absolute atomic E-state index is 12.5. The van der Waals surface area contributed by atoms with Crippen molar-refractivity contribution in [1.82, 2.24) is 4.90 Å². The second-order valence-electron chi connectivity index (χ2n) is 5.67. The van der Waals surface area contributed by atoms with E-state index in [0.29, 0.717) is 24.9 Å². The molecule has 122 valence electrons. The highest BCUT2D eigenvalue weighted by atomic mass is 19.4. The molecule has 0 spiro atoms. The molecule has 7 heteroatoms. The maximum Gasteiger partial charge on any atom is 0.416 e. The van der Waals surface area contributed by atoms with Gasteiger partial charge in [-0.3, -0.25) is 4.79 Å². The van der Waals surface area contributed by atoms with Gasteiger partial charge in [0.2, 0.25) is 5.91 Å². The van der Waals surface area contributed by atoms with Crippen molar-refractivity contribution in [2.75, 3.05) is 19.7 Å². The minimum atomic E-state index is -4.40. The van der Waals surface area contributed by atoms with Crippen LogP contribution in [-0.4, -0.2) is 46.3 Å². The van der Waals surface area contributed by atoms with E-state index in [2.05, 4.69) is 0 Å². The lowest BCUT2D eigenvalue weighted by atomic mass is 9.93. The quantitative estimate of drug-likeness (QED) is 0.890. The van der Waals surface area contributed by atoms with E-state index in [1.54, 1.807) is 0 Å². The molecule has 1 heterocycles. The van der Waals surface area contributed by atoms with E-state index in [1.807, 2.05) is 0 Å². The number of piperidine rings is 1. The Morgan fingerprint density at radius 2 is 1.91 bits per heavy atom. The van der Waals surface area contributed by atoms with Crippen LogP contribution in [0, 0.1) is 0 Å². The lowest BCUT2D eigenvalue weighted by Crippen LogP contribution is -2.52. The first kappa shape index (κ1) is 16.8. The molecule has 1 aliphatic rings. The maximum atomic E-state index is 12.5. The van der Waals surface area contributed by atoms with Crippen LogP contribution in [0.2, 0.25) is 0 Å². The molecule has 0 bridgehead atoms. The number of benzene rings is 1. The van der Waals surface area contributed by atoms with Crippen molar-refractivity contribution in [3.8, 4) is 0 Å². The number of carbonyl (C=O) groups excluding carboxylic acids is 1. The Morgan fingerprint density at radius 3 is 2.45 bits per heavy atom. The van der Waals surface area contributed by atoms with Gasteiger partial charge in [-0.15, -0.1) is 0 Å². The number of alkyl halides is 3. The van der Waals surface area contributed by atoms with Gasteiger partial charge in [-0.2, -0.15) is 13.2 Å². The van der Waals surface area contributed by atoms with Gasteiger partial charge in [0.05, 0.1) is 25.1 Å². The predicted molar refractivity (Wildman–Crippen MR) is 73.0 cm³/mol. The van der Waals surface area contributed by atoms with Crippen LogP contribution in [-0.2, 0) is 17.4 Å². The smallest absolute Gasteiger partial charge is 0.393 e. The van der Waals surface area contributed by atoms with E-state index in [1.165, 1.54) is 17.0 Å². The van der Waals surface area contributed by atoms with E-state index in [4.69, 9.17) is 5.11 Å². The molecule has 1 aliphatic heterocycles. The fourth-order valence-electron chi connectivity index (χ4n) is 2.55. The standard InChI is InChI=1S/C15H18F3NO3/c16-15(17,18)12-4-2-11(3-5-12)8-13(21)19-7-1-6-14(22,9-19)10-20/h2-5,20,22H,1,6-10H2.